The number of allylic oxidation sites excluding steroid dienone is 9. The molecule has 0 aliphatic rings. The van der Waals surface area contributed by atoms with Crippen LogP contribution in [0.25, 0.3) is 0 Å². The Balaban J connectivity index is 4.11. The second-order valence-electron chi connectivity index (χ2n) is 17.8. The Bertz CT molecular complexity index is 1150. The van der Waals surface area contributed by atoms with Crippen molar-refractivity contribution in [3.05, 3.63) is 60.8 Å². The maximum absolute atomic E-state index is 12.7. The molecule has 0 N–H and O–H groups in total. The highest BCUT2D eigenvalue weighted by atomic mass is 16.6. The number of carbonyl (C=O) groups excluding carboxylic acids is 3. The molecule has 364 valence electrons. The lowest BCUT2D eigenvalue weighted by molar-refractivity contribution is -0.166. The zero-order chi connectivity index (χ0) is 45.8. The van der Waals surface area contributed by atoms with Crippen molar-refractivity contribution in [2.24, 2.45) is 0 Å². The molecule has 1 atom stereocenters. The maximum atomic E-state index is 12.7. The van der Waals surface area contributed by atoms with E-state index in [2.05, 4.69) is 69.4 Å². The van der Waals surface area contributed by atoms with Gasteiger partial charge in [0, 0.05) is 12.8 Å². The van der Waals surface area contributed by atoms with E-state index in [9.17, 15) is 14.4 Å². The van der Waals surface area contributed by atoms with Gasteiger partial charge in [0.1, 0.15) is 13.2 Å². The standard InChI is InChI=1S/C57H100O6/c1-4-7-10-13-15-17-19-21-23-24-25-26-27-28-29-30-31-32-34-35-37-39-41-44-47-50-56(59)62-53-54(52-61-55(58)49-46-43-12-9-6-3)63-57(60)51-48-45-42-40-38-36-33-22-20-18-16-14-11-8-5-2/h8,11,16,18,22,33,38,40,45,48,54H,4-7,9-10,12-15,17,19-21,23-32,34-37,39,41-44,46-47,49-53H2,1-3H3/b11-8-,18-16-,33-22-,40-38-,48-45-. The van der Waals surface area contributed by atoms with Crippen LogP contribution in [0.15, 0.2) is 60.8 Å². The van der Waals surface area contributed by atoms with Gasteiger partial charge in [0.05, 0.1) is 6.42 Å². The molecule has 0 aromatic rings. The van der Waals surface area contributed by atoms with Crippen LogP contribution in [-0.2, 0) is 28.6 Å². The first kappa shape index (κ1) is 60.1. The molecule has 6 nitrogen and oxygen atoms in total. The van der Waals surface area contributed by atoms with Gasteiger partial charge in [-0.05, 0) is 44.9 Å². The monoisotopic (exact) mass is 881 g/mol. The third kappa shape index (κ3) is 50.0. The van der Waals surface area contributed by atoms with Crippen molar-refractivity contribution < 1.29 is 28.6 Å². The van der Waals surface area contributed by atoms with E-state index in [1.165, 1.54) is 141 Å². The van der Waals surface area contributed by atoms with Gasteiger partial charge in [0.2, 0.25) is 0 Å². The fourth-order valence-electron chi connectivity index (χ4n) is 7.58. The van der Waals surface area contributed by atoms with Crippen molar-refractivity contribution in [3.8, 4) is 0 Å². The summed E-state index contributed by atoms with van der Waals surface area (Å²) in [5, 5.41) is 0. The Morgan fingerprint density at radius 1 is 0.333 bits per heavy atom. The van der Waals surface area contributed by atoms with E-state index >= 15 is 0 Å². The number of hydrogen-bond donors (Lipinski definition) is 0. The Kier molecular flexibility index (Phi) is 49.4. The van der Waals surface area contributed by atoms with Crippen molar-refractivity contribution in [2.45, 2.75) is 271 Å². The molecular formula is C57H100O6. The van der Waals surface area contributed by atoms with Crippen LogP contribution >= 0.6 is 0 Å². The van der Waals surface area contributed by atoms with Gasteiger partial charge in [-0.1, -0.05) is 261 Å². The molecule has 0 heterocycles. The summed E-state index contributed by atoms with van der Waals surface area (Å²) in [5.41, 5.74) is 0. The molecule has 0 aromatic carbocycles. The SMILES string of the molecule is CC/C=C\C/C=C\C/C=C\C/C=C\C/C=C\CC(=O)OC(COC(=O)CCCCCCC)COC(=O)CCCCCCCCCCCCCCCCCCCCCCCCCCC. The minimum atomic E-state index is -0.822. The number of hydrogen-bond acceptors (Lipinski definition) is 6. The molecule has 0 aliphatic carbocycles. The van der Waals surface area contributed by atoms with Gasteiger partial charge < -0.3 is 14.2 Å². The molecule has 0 rings (SSSR count). The smallest absolute Gasteiger partial charge is 0.310 e. The molecule has 1 unspecified atom stereocenters. The third-order valence-corrected chi connectivity index (χ3v) is 11.6. The van der Waals surface area contributed by atoms with Gasteiger partial charge in [0.15, 0.2) is 6.10 Å². The first-order valence-corrected chi connectivity index (χ1v) is 26.8. The molecule has 0 fully saturated rings. The Morgan fingerprint density at radius 3 is 0.905 bits per heavy atom. The van der Waals surface area contributed by atoms with E-state index < -0.39 is 12.1 Å². The van der Waals surface area contributed by atoms with Crippen molar-refractivity contribution in [3.63, 3.8) is 0 Å². The van der Waals surface area contributed by atoms with Crippen LogP contribution in [0.1, 0.15) is 265 Å². The average Bonchev–Trinajstić information content (AvgIpc) is 3.28. The van der Waals surface area contributed by atoms with Crippen molar-refractivity contribution in [2.75, 3.05) is 13.2 Å². The van der Waals surface area contributed by atoms with Crippen LogP contribution in [-0.4, -0.2) is 37.2 Å². The molecule has 0 saturated carbocycles. The first-order chi connectivity index (χ1) is 31.0. The van der Waals surface area contributed by atoms with E-state index in [-0.39, 0.29) is 31.6 Å². The van der Waals surface area contributed by atoms with Crippen molar-refractivity contribution in [1.29, 1.82) is 0 Å². The van der Waals surface area contributed by atoms with Crippen LogP contribution in [0.3, 0.4) is 0 Å². The predicted molar refractivity (Wildman–Crippen MR) is 270 cm³/mol. The number of ether oxygens (including phenoxy) is 3. The lowest BCUT2D eigenvalue weighted by Gasteiger charge is -2.18. The number of esters is 3. The molecular weight excluding hydrogens is 781 g/mol. The molecule has 6 heteroatoms. The molecule has 0 amide bonds. The zero-order valence-corrected chi connectivity index (χ0v) is 41.6. The highest BCUT2D eigenvalue weighted by molar-refractivity contribution is 5.72. The van der Waals surface area contributed by atoms with Gasteiger partial charge >= 0.3 is 17.9 Å². The topological polar surface area (TPSA) is 78.9 Å². The maximum Gasteiger partial charge on any atom is 0.310 e. The average molecular weight is 881 g/mol. The quantitative estimate of drug-likeness (QED) is 0.0262. The highest BCUT2D eigenvalue weighted by Crippen LogP contribution is 2.16. The van der Waals surface area contributed by atoms with Crippen LogP contribution in [0.4, 0.5) is 0 Å². The second kappa shape index (κ2) is 51.7. The normalized spacial score (nSPS) is 12.5. The fraction of sp³-hybridized carbons (Fsp3) is 0.772. The Hall–Kier alpha value is -2.89. The first-order valence-electron chi connectivity index (χ1n) is 26.8. The van der Waals surface area contributed by atoms with E-state index in [1.807, 2.05) is 6.08 Å². The van der Waals surface area contributed by atoms with E-state index in [0.29, 0.717) is 12.8 Å². The highest BCUT2D eigenvalue weighted by Gasteiger charge is 2.19. The molecule has 0 saturated heterocycles. The Labute approximate surface area is 390 Å². The minimum absolute atomic E-state index is 0.100. The number of unbranched alkanes of at least 4 members (excludes halogenated alkanes) is 28. The van der Waals surface area contributed by atoms with Crippen molar-refractivity contribution in [1.82, 2.24) is 0 Å². The van der Waals surface area contributed by atoms with E-state index in [0.717, 1.165) is 83.5 Å². The van der Waals surface area contributed by atoms with Gasteiger partial charge in [-0.25, -0.2) is 0 Å². The van der Waals surface area contributed by atoms with Gasteiger partial charge in [0.25, 0.3) is 0 Å². The van der Waals surface area contributed by atoms with Crippen molar-refractivity contribution >= 4 is 17.9 Å². The fourth-order valence-corrected chi connectivity index (χ4v) is 7.58. The summed E-state index contributed by atoms with van der Waals surface area (Å²) in [6.07, 6.45) is 64.4. The lowest BCUT2D eigenvalue weighted by Crippen LogP contribution is -2.30. The summed E-state index contributed by atoms with van der Waals surface area (Å²) in [5.74, 6) is -1.05. The molecule has 0 bridgehead atoms. The molecule has 0 radical (unpaired) electrons. The summed E-state index contributed by atoms with van der Waals surface area (Å²) in [6, 6.07) is 0. The minimum Gasteiger partial charge on any atom is -0.462 e. The number of rotatable bonds is 48. The van der Waals surface area contributed by atoms with Crippen LogP contribution in [0, 0.1) is 0 Å². The van der Waals surface area contributed by atoms with Gasteiger partial charge in [-0.15, -0.1) is 0 Å². The lowest BCUT2D eigenvalue weighted by atomic mass is 10.0. The second-order valence-corrected chi connectivity index (χ2v) is 17.8. The van der Waals surface area contributed by atoms with Crippen LogP contribution < -0.4 is 0 Å². The largest absolute Gasteiger partial charge is 0.462 e. The van der Waals surface area contributed by atoms with Crippen LogP contribution in [0.5, 0.6) is 0 Å². The zero-order valence-electron chi connectivity index (χ0n) is 41.6. The van der Waals surface area contributed by atoms with Gasteiger partial charge in [-0.3, -0.25) is 14.4 Å². The summed E-state index contributed by atoms with van der Waals surface area (Å²) in [4.78, 5) is 37.6. The van der Waals surface area contributed by atoms with E-state index in [4.69, 9.17) is 14.2 Å². The Morgan fingerprint density at radius 2 is 0.603 bits per heavy atom. The number of carbonyl (C=O) groups is 3. The van der Waals surface area contributed by atoms with Crippen LogP contribution in [0.2, 0.25) is 0 Å². The molecule has 0 aliphatic heterocycles. The molecule has 63 heavy (non-hydrogen) atoms. The predicted octanol–water partition coefficient (Wildman–Crippen LogP) is 17.6. The third-order valence-electron chi connectivity index (χ3n) is 11.6. The summed E-state index contributed by atoms with van der Waals surface area (Å²) < 4.78 is 16.6. The molecule has 0 aromatic heterocycles. The summed E-state index contributed by atoms with van der Waals surface area (Å²) >= 11 is 0. The summed E-state index contributed by atoms with van der Waals surface area (Å²) in [7, 11) is 0. The van der Waals surface area contributed by atoms with E-state index in [1.54, 1.807) is 6.08 Å². The summed E-state index contributed by atoms with van der Waals surface area (Å²) in [6.45, 7) is 6.37. The molecule has 0 spiro atoms. The van der Waals surface area contributed by atoms with Gasteiger partial charge in [-0.2, -0.15) is 0 Å².